The van der Waals surface area contributed by atoms with Gasteiger partial charge in [0.2, 0.25) is 0 Å². The van der Waals surface area contributed by atoms with Crippen LogP contribution in [0.2, 0.25) is 0 Å². The molecule has 2 heterocycles. The van der Waals surface area contributed by atoms with Crippen molar-refractivity contribution in [2.75, 3.05) is 13.1 Å². The Labute approximate surface area is 110 Å². The van der Waals surface area contributed by atoms with E-state index >= 15 is 0 Å². The Kier molecular flexibility index (Phi) is 3.57. The fourth-order valence-electron chi connectivity index (χ4n) is 2.14. The second-order valence-corrected chi connectivity index (χ2v) is 4.55. The summed E-state index contributed by atoms with van der Waals surface area (Å²) < 4.78 is 4.33. The molecule has 7 heteroatoms. The third kappa shape index (κ3) is 2.10. The number of aromatic nitrogens is 4. The van der Waals surface area contributed by atoms with Crippen LogP contribution in [0.4, 0.5) is 0 Å². The van der Waals surface area contributed by atoms with Crippen molar-refractivity contribution in [3.8, 4) is 0 Å². The maximum atomic E-state index is 12.4. The Morgan fingerprint density at radius 3 is 2.42 bits per heavy atom. The highest BCUT2D eigenvalue weighted by molar-refractivity contribution is 5.69. The zero-order valence-corrected chi connectivity index (χ0v) is 11.8. The summed E-state index contributed by atoms with van der Waals surface area (Å²) in [5.74, 6) is 0. The monoisotopic (exact) mass is 265 g/mol. The lowest BCUT2D eigenvalue weighted by Gasteiger charge is -2.19. The molecule has 2 aromatic rings. The Morgan fingerprint density at radius 2 is 1.84 bits per heavy atom. The normalized spacial score (nSPS) is 11.6. The number of fused-ring (bicyclic) bond motifs is 1. The average Bonchev–Trinajstić information content (AvgIpc) is 2.79. The molecule has 0 N–H and O–H groups in total. The molecule has 0 unspecified atom stereocenters. The first kappa shape index (κ1) is 13.5. The van der Waals surface area contributed by atoms with Gasteiger partial charge in [-0.3, -0.25) is 14.3 Å². The average molecular weight is 265 g/mol. The summed E-state index contributed by atoms with van der Waals surface area (Å²) in [6, 6.07) is 0. The van der Waals surface area contributed by atoms with E-state index in [-0.39, 0.29) is 11.2 Å². The van der Waals surface area contributed by atoms with Crippen LogP contribution in [0.25, 0.3) is 11.2 Å². The topological polar surface area (TPSA) is 65.1 Å². The molecular formula is C12H19N5O2. The van der Waals surface area contributed by atoms with Gasteiger partial charge < -0.3 is 4.57 Å². The molecule has 7 nitrogen and oxygen atoms in total. The highest BCUT2D eigenvalue weighted by Crippen LogP contribution is 2.03. The van der Waals surface area contributed by atoms with Crippen LogP contribution in [0.5, 0.6) is 0 Å². The van der Waals surface area contributed by atoms with Crippen LogP contribution < -0.4 is 11.2 Å². The van der Waals surface area contributed by atoms with Crippen LogP contribution in [-0.2, 0) is 20.8 Å². The van der Waals surface area contributed by atoms with Crippen molar-refractivity contribution >= 4 is 11.2 Å². The van der Waals surface area contributed by atoms with Gasteiger partial charge in [-0.15, -0.1) is 0 Å². The van der Waals surface area contributed by atoms with Crippen LogP contribution in [0.1, 0.15) is 13.8 Å². The van der Waals surface area contributed by atoms with Gasteiger partial charge in [0.25, 0.3) is 5.56 Å². The molecular weight excluding hydrogens is 246 g/mol. The van der Waals surface area contributed by atoms with Crippen molar-refractivity contribution in [2.24, 2.45) is 14.1 Å². The molecule has 104 valence electrons. The van der Waals surface area contributed by atoms with Gasteiger partial charge in [-0.05, 0) is 13.1 Å². The maximum Gasteiger partial charge on any atom is 0.333 e. The van der Waals surface area contributed by atoms with E-state index < -0.39 is 0 Å². The number of imidazole rings is 1. The second-order valence-electron chi connectivity index (χ2n) is 4.55. The molecule has 0 bridgehead atoms. The van der Waals surface area contributed by atoms with Crippen molar-refractivity contribution in [1.29, 1.82) is 0 Å². The number of hydrogen-bond donors (Lipinski definition) is 0. The van der Waals surface area contributed by atoms with E-state index in [9.17, 15) is 9.59 Å². The van der Waals surface area contributed by atoms with E-state index in [0.717, 1.165) is 13.1 Å². The molecule has 0 aromatic carbocycles. The maximum absolute atomic E-state index is 12.4. The third-order valence-electron chi connectivity index (χ3n) is 3.44. The Balaban J connectivity index is 2.71. The van der Waals surface area contributed by atoms with E-state index in [1.54, 1.807) is 25.0 Å². The first-order valence-corrected chi connectivity index (χ1v) is 6.34. The van der Waals surface area contributed by atoms with Crippen LogP contribution in [0.3, 0.4) is 0 Å². The molecule has 0 aliphatic rings. The number of hydrogen-bond acceptors (Lipinski definition) is 4. The summed E-state index contributed by atoms with van der Waals surface area (Å²) in [7, 11) is 3.39. The lowest BCUT2D eigenvalue weighted by Crippen LogP contribution is -2.44. The molecule has 0 aliphatic carbocycles. The van der Waals surface area contributed by atoms with Gasteiger partial charge >= 0.3 is 5.69 Å². The first-order valence-electron chi connectivity index (χ1n) is 6.34. The second kappa shape index (κ2) is 5.00. The minimum Gasteiger partial charge on any atom is -0.328 e. The Morgan fingerprint density at radius 1 is 1.21 bits per heavy atom. The Bertz CT molecular complexity index is 705. The van der Waals surface area contributed by atoms with Crippen molar-refractivity contribution in [2.45, 2.75) is 20.5 Å². The number of nitrogens with zero attached hydrogens (tertiary/aromatic N) is 5. The highest BCUT2D eigenvalue weighted by Gasteiger charge is 2.15. The zero-order valence-electron chi connectivity index (χ0n) is 11.8. The fraction of sp³-hybridized carbons (Fsp3) is 0.583. The van der Waals surface area contributed by atoms with Gasteiger partial charge in [0.1, 0.15) is 0 Å². The quantitative estimate of drug-likeness (QED) is 0.763. The van der Waals surface area contributed by atoms with Gasteiger partial charge in [0.15, 0.2) is 11.2 Å². The van der Waals surface area contributed by atoms with E-state index in [0.29, 0.717) is 17.8 Å². The van der Waals surface area contributed by atoms with Gasteiger partial charge in [-0.2, -0.15) is 0 Å². The third-order valence-corrected chi connectivity index (χ3v) is 3.44. The molecule has 2 aromatic heterocycles. The fourth-order valence-corrected chi connectivity index (χ4v) is 2.14. The minimum absolute atomic E-state index is 0.287. The molecule has 0 amide bonds. The summed E-state index contributed by atoms with van der Waals surface area (Å²) in [5.41, 5.74) is 0.260. The van der Waals surface area contributed by atoms with Gasteiger partial charge in [-0.1, -0.05) is 13.8 Å². The van der Waals surface area contributed by atoms with Gasteiger partial charge in [-0.25, -0.2) is 14.3 Å². The smallest absolute Gasteiger partial charge is 0.328 e. The van der Waals surface area contributed by atoms with E-state index in [1.165, 1.54) is 9.13 Å². The van der Waals surface area contributed by atoms with Crippen LogP contribution in [-0.4, -0.2) is 36.7 Å². The van der Waals surface area contributed by atoms with Crippen LogP contribution in [0.15, 0.2) is 15.9 Å². The zero-order chi connectivity index (χ0) is 14.2. The molecule has 0 saturated heterocycles. The van der Waals surface area contributed by atoms with Crippen molar-refractivity contribution in [3.63, 3.8) is 0 Å². The number of rotatable bonds is 4. The highest BCUT2D eigenvalue weighted by atomic mass is 16.2. The summed E-state index contributed by atoms with van der Waals surface area (Å²) >= 11 is 0. The molecule has 19 heavy (non-hydrogen) atoms. The van der Waals surface area contributed by atoms with Crippen molar-refractivity contribution in [3.05, 3.63) is 27.2 Å². The van der Waals surface area contributed by atoms with Crippen molar-refractivity contribution in [1.82, 2.24) is 23.6 Å². The lowest BCUT2D eigenvalue weighted by atomic mass is 10.5. The van der Waals surface area contributed by atoms with Crippen LogP contribution in [0, 0.1) is 0 Å². The van der Waals surface area contributed by atoms with E-state index in [4.69, 9.17) is 0 Å². The molecule has 0 aliphatic heterocycles. The standard InChI is InChI=1S/C12H19N5O2/c1-5-16(6-2)8-17-11(18)9-10(13-7-14(9)3)15(4)12(17)19/h7H,5-6,8H2,1-4H3. The Hall–Kier alpha value is -1.89. The summed E-state index contributed by atoms with van der Waals surface area (Å²) in [5, 5.41) is 0. The minimum atomic E-state index is -0.330. The van der Waals surface area contributed by atoms with Crippen LogP contribution >= 0.6 is 0 Å². The van der Waals surface area contributed by atoms with Gasteiger partial charge in [0, 0.05) is 14.1 Å². The lowest BCUT2D eigenvalue weighted by molar-refractivity contribution is 0.232. The molecule has 0 saturated carbocycles. The summed E-state index contributed by atoms with van der Waals surface area (Å²) in [4.78, 5) is 30.8. The molecule has 0 radical (unpaired) electrons. The van der Waals surface area contributed by atoms with Crippen molar-refractivity contribution < 1.29 is 0 Å². The summed E-state index contributed by atoms with van der Waals surface area (Å²) in [6.07, 6.45) is 1.55. The SMILES string of the molecule is CCN(CC)Cn1c(=O)c2c(ncn2C)n(C)c1=O. The van der Waals surface area contributed by atoms with E-state index in [2.05, 4.69) is 4.98 Å². The molecule has 0 fully saturated rings. The molecule has 0 spiro atoms. The molecule has 2 rings (SSSR count). The van der Waals surface area contributed by atoms with Gasteiger partial charge in [0.05, 0.1) is 13.0 Å². The largest absolute Gasteiger partial charge is 0.333 e. The molecule has 0 atom stereocenters. The predicted molar refractivity (Wildman–Crippen MR) is 73.1 cm³/mol. The number of aryl methyl sites for hydroxylation is 2. The predicted octanol–water partition coefficient (Wildman–Crippen LogP) is -0.267. The van der Waals surface area contributed by atoms with E-state index in [1.807, 2.05) is 18.7 Å². The first-order chi connectivity index (χ1) is 9.01. The summed E-state index contributed by atoms with van der Waals surface area (Å²) in [6.45, 7) is 5.88.